The second kappa shape index (κ2) is 11.6. The summed E-state index contributed by atoms with van der Waals surface area (Å²) in [6, 6.07) is 15.1. The number of hydrogen-bond acceptors (Lipinski definition) is 5. The minimum absolute atomic E-state index is 0.279. The van der Waals surface area contributed by atoms with Gasteiger partial charge in [-0.15, -0.1) is 10.2 Å². The van der Waals surface area contributed by atoms with Crippen LogP contribution in [-0.2, 0) is 6.54 Å². The standard InChI is InChI=1S/C26H33N2.ClHO4/c1-6-28-16-8-7-9-25(28)18-23-17-22(19-26(2,3)20-23)11-10-21-12-14-24(15-13-21)27(4)5;2-1(3,4)5/h7-18H,6,19-20H2,1-5H3;(H,2,3,4,5)/q+1;/p-1. The molecule has 178 valence electrons. The van der Waals surface area contributed by atoms with Gasteiger partial charge in [0, 0.05) is 38.0 Å². The summed E-state index contributed by atoms with van der Waals surface area (Å²) >= 11 is 0. The number of anilines is 1. The van der Waals surface area contributed by atoms with E-state index in [-0.39, 0.29) is 5.41 Å². The van der Waals surface area contributed by atoms with Gasteiger partial charge in [0.1, 0.15) is 6.54 Å². The van der Waals surface area contributed by atoms with Gasteiger partial charge in [-0.1, -0.05) is 44.2 Å². The lowest BCUT2D eigenvalue weighted by Crippen LogP contribution is -2.68. The largest absolute Gasteiger partial charge is 0.378 e. The van der Waals surface area contributed by atoms with Crippen LogP contribution in [0.4, 0.5) is 5.69 Å². The molecule has 0 N–H and O–H groups in total. The first-order chi connectivity index (χ1) is 15.4. The summed E-state index contributed by atoms with van der Waals surface area (Å²) in [6.07, 6.45) is 13.6. The Balaban J connectivity index is 0.000000696. The van der Waals surface area contributed by atoms with Crippen molar-refractivity contribution in [2.75, 3.05) is 19.0 Å². The minimum atomic E-state index is -4.94. The van der Waals surface area contributed by atoms with Crippen molar-refractivity contribution in [1.29, 1.82) is 0 Å². The van der Waals surface area contributed by atoms with Gasteiger partial charge in [0.25, 0.3) is 0 Å². The van der Waals surface area contributed by atoms with Crippen LogP contribution in [0.5, 0.6) is 0 Å². The molecular formula is C26H33ClN2O4. The van der Waals surface area contributed by atoms with Gasteiger partial charge in [-0.2, -0.15) is 4.57 Å². The van der Waals surface area contributed by atoms with Gasteiger partial charge in [-0.05, 0) is 60.1 Å². The van der Waals surface area contributed by atoms with Crippen molar-refractivity contribution in [3.8, 4) is 0 Å². The number of allylic oxidation sites excluding steroid dienone is 4. The molecular weight excluding hydrogens is 440 g/mol. The molecule has 1 aromatic carbocycles. The van der Waals surface area contributed by atoms with Crippen molar-refractivity contribution < 1.29 is 33.4 Å². The third kappa shape index (κ3) is 9.90. The van der Waals surface area contributed by atoms with Gasteiger partial charge in [-0.3, -0.25) is 0 Å². The molecule has 3 rings (SSSR count). The summed E-state index contributed by atoms with van der Waals surface area (Å²) in [6.45, 7) is 7.92. The number of rotatable bonds is 5. The van der Waals surface area contributed by atoms with Crippen LogP contribution in [0.25, 0.3) is 12.2 Å². The van der Waals surface area contributed by atoms with E-state index >= 15 is 0 Å². The highest BCUT2D eigenvalue weighted by atomic mass is 35.7. The van der Waals surface area contributed by atoms with Crippen LogP contribution in [-0.4, -0.2) is 14.1 Å². The Morgan fingerprint density at radius 2 is 1.61 bits per heavy atom. The third-order valence-corrected chi connectivity index (χ3v) is 5.29. The average Bonchev–Trinajstić information content (AvgIpc) is 2.70. The Kier molecular flexibility index (Phi) is 9.40. The van der Waals surface area contributed by atoms with Crippen LogP contribution in [0, 0.1) is 15.7 Å². The van der Waals surface area contributed by atoms with Crippen LogP contribution in [0.2, 0.25) is 0 Å². The van der Waals surface area contributed by atoms with E-state index in [2.05, 4.69) is 117 Å². The fourth-order valence-corrected chi connectivity index (χ4v) is 3.89. The van der Waals surface area contributed by atoms with Gasteiger partial charge < -0.3 is 4.90 Å². The van der Waals surface area contributed by atoms with Gasteiger partial charge in [-0.25, -0.2) is 18.6 Å². The lowest BCUT2D eigenvalue weighted by Gasteiger charge is -2.30. The maximum atomic E-state index is 8.49. The predicted molar refractivity (Wildman–Crippen MR) is 121 cm³/mol. The minimum Gasteiger partial charge on any atom is -0.378 e. The molecule has 0 saturated heterocycles. The first-order valence-corrected chi connectivity index (χ1v) is 12.1. The summed E-state index contributed by atoms with van der Waals surface area (Å²) in [5.41, 5.74) is 6.84. The van der Waals surface area contributed by atoms with E-state index in [9.17, 15) is 0 Å². The Morgan fingerprint density at radius 3 is 2.18 bits per heavy atom. The number of benzene rings is 1. The molecule has 6 nitrogen and oxygen atoms in total. The Bertz CT molecular complexity index is 998. The van der Waals surface area contributed by atoms with Crippen molar-refractivity contribution >= 4 is 17.8 Å². The molecule has 7 heteroatoms. The lowest BCUT2D eigenvalue weighted by atomic mass is 9.75. The number of halogens is 1. The van der Waals surface area contributed by atoms with E-state index in [0.29, 0.717) is 0 Å². The fraction of sp³-hybridized carbons (Fsp3) is 0.346. The van der Waals surface area contributed by atoms with Gasteiger partial charge >= 0.3 is 0 Å². The molecule has 1 aliphatic carbocycles. The quantitative estimate of drug-likeness (QED) is 0.608. The maximum absolute atomic E-state index is 8.49. The molecule has 0 saturated carbocycles. The van der Waals surface area contributed by atoms with Crippen molar-refractivity contribution in [3.05, 3.63) is 83.2 Å². The summed E-state index contributed by atoms with van der Waals surface area (Å²) in [5.74, 6) is 0. The van der Waals surface area contributed by atoms with Crippen LogP contribution in [0.3, 0.4) is 0 Å². The lowest BCUT2D eigenvalue weighted by molar-refractivity contribution is -2.00. The van der Waals surface area contributed by atoms with Crippen molar-refractivity contribution in [3.63, 3.8) is 0 Å². The zero-order valence-electron chi connectivity index (χ0n) is 20.0. The van der Waals surface area contributed by atoms with Gasteiger partial charge in [0.2, 0.25) is 5.69 Å². The van der Waals surface area contributed by atoms with Crippen molar-refractivity contribution in [2.45, 2.75) is 40.2 Å². The summed E-state index contributed by atoms with van der Waals surface area (Å²) in [7, 11) is -0.800. The normalized spacial score (nSPS) is 16.9. The van der Waals surface area contributed by atoms with Crippen LogP contribution >= 0.6 is 0 Å². The maximum Gasteiger partial charge on any atom is 0.205 e. The van der Waals surface area contributed by atoms with Crippen LogP contribution in [0.15, 0.2) is 72.0 Å². The number of aryl methyl sites for hydroxylation is 1. The van der Waals surface area contributed by atoms with E-state index < -0.39 is 10.2 Å². The molecule has 1 heterocycles. The molecule has 0 aliphatic heterocycles. The number of aromatic nitrogens is 1. The number of hydrogen-bond donors (Lipinski definition) is 0. The van der Waals surface area contributed by atoms with E-state index in [1.807, 2.05) is 0 Å². The molecule has 0 spiro atoms. The molecule has 33 heavy (non-hydrogen) atoms. The molecule has 0 amide bonds. The van der Waals surface area contributed by atoms with E-state index in [1.165, 1.54) is 28.1 Å². The molecule has 0 radical (unpaired) electrons. The highest BCUT2D eigenvalue weighted by Crippen LogP contribution is 2.39. The molecule has 0 fully saturated rings. The average molecular weight is 473 g/mol. The topological polar surface area (TPSA) is 99.4 Å². The zero-order valence-corrected chi connectivity index (χ0v) is 20.7. The van der Waals surface area contributed by atoms with Crippen molar-refractivity contribution in [2.24, 2.45) is 5.41 Å². The first kappa shape index (κ1) is 26.8. The summed E-state index contributed by atoms with van der Waals surface area (Å²) < 4.78 is 36.3. The first-order valence-electron chi connectivity index (χ1n) is 10.8. The van der Waals surface area contributed by atoms with Crippen LogP contribution in [0.1, 0.15) is 44.9 Å². The summed E-state index contributed by atoms with van der Waals surface area (Å²) in [4.78, 5) is 2.13. The van der Waals surface area contributed by atoms with Gasteiger partial charge in [0.15, 0.2) is 6.20 Å². The van der Waals surface area contributed by atoms with Crippen LogP contribution < -0.4 is 28.1 Å². The van der Waals surface area contributed by atoms with Gasteiger partial charge in [0.05, 0.1) is 0 Å². The zero-order chi connectivity index (χ0) is 24.6. The number of pyridine rings is 1. The smallest absolute Gasteiger partial charge is 0.205 e. The fourth-order valence-electron chi connectivity index (χ4n) is 3.89. The highest BCUT2D eigenvalue weighted by molar-refractivity contribution is 5.60. The molecule has 0 unspecified atom stereocenters. The SMILES string of the molecule is CC[n+]1ccccc1C=C1C=C(C=Cc2ccc(N(C)C)cc2)CC(C)(C)C1.[O-][Cl+3]([O-])([O-])[O-]. The third-order valence-electron chi connectivity index (χ3n) is 5.29. The van der Waals surface area contributed by atoms with E-state index in [0.717, 1.165) is 19.4 Å². The predicted octanol–water partition coefficient (Wildman–Crippen LogP) is 1.15. The van der Waals surface area contributed by atoms with E-state index in [1.54, 1.807) is 0 Å². The molecule has 0 atom stereocenters. The highest BCUT2D eigenvalue weighted by Gasteiger charge is 2.25. The Morgan fingerprint density at radius 1 is 0.970 bits per heavy atom. The second-order valence-corrected chi connectivity index (χ2v) is 9.82. The van der Waals surface area contributed by atoms with E-state index in [4.69, 9.17) is 18.6 Å². The Labute approximate surface area is 199 Å². The molecule has 1 aromatic heterocycles. The Hall–Kier alpha value is -2.48. The number of nitrogens with zero attached hydrogens (tertiary/aromatic N) is 2. The molecule has 0 bridgehead atoms. The monoisotopic (exact) mass is 472 g/mol. The molecule has 1 aliphatic rings. The molecule has 2 aromatic rings. The summed E-state index contributed by atoms with van der Waals surface area (Å²) in [5, 5.41) is 0. The van der Waals surface area contributed by atoms with Crippen molar-refractivity contribution in [1.82, 2.24) is 0 Å². The second-order valence-electron chi connectivity index (χ2n) is 9.07.